The molecule has 20 heteroatoms. The number of hydrogen-bond donors (Lipinski definition) is 3. The predicted molar refractivity (Wildman–Crippen MR) is 187 cm³/mol. The SMILES string of the molecule is C=CCn1c(O)c(N=Nc2cc([N+](=O)[O-])ccc2O)c(C)c(C)c1=O.C=CCn1c(OC)c(N=Nc2cc([N+](=O)[O-])ccc2O)c(C)c(C#N)c1=O.[Co]. The van der Waals surface area contributed by atoms with Crippen LogP contribution in [-0.2, 0) is 29.9 Å². The van der Waals surface area contributed by atoms with Crippen LogP contribution in [0.1, 0.15) is 22.3 Å². The zero-order valence-electron chi connectivity index (χ0n) is 28.5. The van der Waals surface area contributed by atoms with E-state index in [0.717, 1.165) is 41.0 Å². The first kappa shape index (κ1) is 42.2. The molecule has 0 unspecified atom stereocenters. The van der Waals surface area contributed by atoms with Crippen molar-refractivity contribution in [1.82, 2.24) is 9.13 Å². The number of nitro groups is 2. The van der Waals surface area contributed by atoms with Crippen LogP contribution in [0, 0.1) is 52.3 Å². The van der Waals surface area contributed by atoms with E-state index in [0.29, 0.717) is 11.1 Å². The van der Waals surface area contributed by atoms with Crippen LogP contribution < -0.4 is 15.9 Å². The van der Waals surface area contributed by atoms with Crippen LogP contribution in [0.3, 0.4) is 0 Å². The molecule has 2 aromatic carbocycles. The number of aromatic nitrogens is 2. The van der Waals surface area contributed by atoms with Crippen LogP contribution in [0.25, 0.3) is 0 Å². The molecule has 0 aliphatic rings. The molecule has 0 aliphatic heterocycles. The molecule has 0 atom stereocenters. The number of allylic oxidation sites excluding steroid dienone is 2. The first-order valence-corrected chi connectivity index (χ1v) is 14.8. The Morgan fingerprint density at radius 1 is 0.792 bits per heavy atom. The second-order valence-electron chi connectivity index (χ2n) is 10.6. The van der Waals surface area contributed by atoms with E-state index in [-0.39, 0.29) is 98.1 Å². The van der Waals surface area contributed by atoms with Crippen molar-refractivity contribution < 1.29 is 46.7 Å². The minimum atomic E-state index is -0.637. The van der Waals surface area contributed by atoms with Gasteiger partial charge < -0.3 is 20.1 Å². The summed E-state index contributed by atoms with van der Waals surface area (Å²) in [7, 11) is 1.32. The second-order valence-corrected chi connectivity index (χ2v) is 10.6. The molecule has 4 aromatic rings. The van der Waals surface area contributed by atoms with Crippen LogP contribution in [-0.4, -0.2) is 41.4 Å². The molecular formula is C33H31CoN9O10. The zero-order valence-corrected chi connectivity index (χ0v) is 29.5. The summed E-state index contributed by atoms with van der Waals surface area (Å²) in [4.78, 5) is 45.0. The maximum absolute atomic E-state index is 12.4. The molecule has 1 radical (unpaired) electrons. The molecule has 2 heterocycles. The van der Waals surface area contributed by atoms with Crippen LogP contribution in [0.15, 0.2) is 91.8 Å². The number of ether oxygens (including phenoxy) is 1. The van der Waals surface area contributed by atoms with E-state index in [1.807, 2.05) is 6.07 Å². The van der Waals surface area contributed by atoms with Gasteiger partial charge in [0.25, 0.3) is 22.5 Å². The van der Waals surface area contributed by atoms with Crippen molar-refractivity contribution >= 4 is 34.1 Å². The Morgan fingerprint density at radius 2 is 1.26 bits per heavy atom. The molecule has 0 saturated heterocycles. The Morgan fingerprint density at radius 3 is 1.70 bits per heavy atom. The van der Waals surface area contributed by atoms with Crippen LogP contribution >= 0.6 is 0 Å². The van der Waals surface area contributed by atoms with Gasteiger partial charge in [-0.25, -0.2) is 0 Å². The van der Waals surface area contributed by atoms with Crippen molar-refractivity contribution in [3.05, 3.63) is 125 Å². The summed E-state index contributed by atoms with van der Waals surface area (Å²) in [6.07, 6.45) is 2.90. The van der Waals surface area contributed by atoms with E-state index >= 15 is 0 Å². The van der Waals surface area contributed by atoms with E-state index in [4.69, 9.17) is 4.74 Å². The van der Waals surface area contributed by atoms with Gasteiger partial charge in [-0.15, -0.1) is 33.6 Å². The molecule has 19 nitrogen and oxygen atoms in total. The molecule has 2 aromatic heterocycles. The van der Waals surface area contributed by atoms with E-state index < -0.39 is 21.3 Å². The fraction of sp³-hybridized carbons (Fsp3) is 0.182. The zero-order chi connectivity index (χ0) is 38.9. The standard InChI is InChI=1S/C17H15N5O5.C16H16N4O5.Co/c1-4-7-21-16(24)12(9-18)10(2)15(17(21)27-3)20-19-13-8-11(22(25)26)5-6-14(13)23;1-4-7-19-15(22)10(3)9(2)14(16(19)23)18-17-12-8-11(20(24)25)5-6-13(12)21;/h4-6,8,23H,1,7H2,2-3H3;4-6,8,21,23H,1,7H2,2-3H3;. The van der Waals surface area contributed by atoms with Crippen molar-refractivity contribution in [3.63, 3.8) is 0 Å². The maximum atomic E-state index is 12.4. The minimum absolute atomic E-state index is 0. The van der Waals surface area contributed by atoms with Gasteiger partial charge in [0.15, 0.2) is 5.69 Å². The first-order chi connectivity index (χ1) is 24.6. The fourth-order valence-electron chi connectivity index (χ4n) is 4.51. The van der Waals surface area contributed by atoms with E-state index in [9.17, 15) is 50.4 Å². The topological polar surface area (TPSA) is 273 Å². The Labute approximate surface area is 310 Å². The Balaban J connectivity index is 0.000000361. The monoisotopic (exact) mass is 772 g/mol. The average Bonchev–Trinajstić information content (AvgIpc) is 3.11. The van der Waals surface area contributed by atoms with Gasteiger partial charge in [-0.05, 0) is 38.5 Å². The average molecular weight is 773 g/mol. The number of rotatable bonds is 11. The predicted octanol–water partition coefficient (Wildman–Crippen LogP) is 6.64. The molecule has 0 spiro atoms. The molecule has 53 heavy (non-hydrogen) atoms. The summed E-state index contributed by atoms with van der Waals surface area (Å²) in [6.45, 7) is 11.9. The Hall–Kier alpha value is -6.98. The van der Waals surface area contributed by atoms with Crippen LogP contribution in [0.2, 0.25) is 0 Å². The Bertz CT molecular complexity index is 2330. The summed E-state index contributed by atoms with van der Waals surface area (Å²) < 4.78 is 7.50. The molecular weight excluding hydrogens is 741 g/mol. The second kappa shape index (κ2) is 18.3. The van der Waals surface area contributed by atoms with Gasteiger partial charge in [0.05, 0.1) is 17.0 Å². The van der Waals surface area contributed by atoms with E-state index in [1.54, 1.807) is 13.8 Å². The number of methoxy groups -OCH3 is 1. The van der Waals surface area contributed by atoms with Crippen molar-refractivity contribution in [2.45, 2.75) is 33.9 Å². The Kier molecular flexibility index (Phi) is 14.6. The van der Waals surface area contributed by atoms with Crippen molar-refractivity contribution in [3.8, 4) is 29.3 Å². The quantitative estimate of drug-likeness (QED) is 0.0629. The molecule has 4 rings (SSSR count). The number of non-ortho nitro benzene ring substituents is 2. The van der Waals surface area contributed by atoms with Gasteiger partial charge in [0.2, 0.25) is 11.8 Å². The van der Waals surface area contributed by atoms with Gasteiger partial charge in [-0.1, -0.05) is 12.2 Å². The number of aromatic hydroxyl groups is 3. The number of pyridine rings is 2. The van der Waals surface area contributed by atoms with Crippen molar-refractivity contribution in [1.29, 1.82) is 5.26 Å². The van der Waals surface area contributed by atoms with Gasteiger partial charge in [0, 0.05) is 65.3 Å². The number of hydrogen-bond acceptors (Lipinski definition) is 15. The molecule has 0 amide bonds. The van der Waals surface area contributed by atoms with Gasteiger partial charge in [0.1, 0.15) is 40.2 Å². The van der Waals surface area contributed by atoms with Gasteiger partial charge in [-0.3, -0.25) is 39.0 Å². The van der Waals surface area contributed by atoms with Gasteiger partial charge >= 0.3 is 0 Å². The normalized spacial score (nSPS) is 10.5. The number of phenolic OH excluding ortho intramolecular Hbond substituents is 2. The molecule has 0 fully saturated rings. The summed E-state index contributed by atoms with van der Waals surface area (Å²) in [5.74, 6) is -0.977. The molecule has 277 valence electrons. The smallest absolute Gasteiger partial charge is 0.271 e. The van der Waals surface area contributed by atoms with E-state index in [1.165, 1.54) is 30.8 Å². The number of nitrogens with zero attached hydrogens (tertiary/aromatic N) is 9. The summed E-state index contributed by atoms with van der Waals surface area (Å²) in [5, 5.41) is 76.3. The number of nitriles is 1. The third-order valence-corrected chi connectivity index (χ3v) is 7.37. The molecule has 3 N–H and O–H groups in total. The van der Waals surface area contributed by atoms with Crippen LogP contribution in [0.4, 0.5) is 34.1 Å². The number of phenols is 2. The molecule has 0 saturated carbocycles. The first-order valence-electron chi connectivity index (χ1n) is 14.8. The third kappa shape index (κ3) is 9.23. The van der Waals surface area contributed by atoms with Gasteiger partial charge in [-0.2, -0.15) is 5.26 Å². The fourth-order valence-corrected chi connectivity index (χ4v) is 4.51. The number of benzene rings is 2. The maximum Gasteiger partial charge on any atom is 0.271 e. The summed E-state index contributed by atoms with van der Waals surface area (Å²) in [6, 6.07) is 8.43. The largest absolute Gasteiger partial charge is 0.506 e. The minimum Gasteiger partial charge on any atom is -0.506 e. The van der Waals surface area contributed by atoms with Crippen LogP contribution in [0.5, 0.6) is 23.3 Å². The van der Waals surface area contributed by atoms with Crippen molar-refractivity contribution in [2.24, 2.45) is 20.5 Å². The number of azo groups is 2. The molecule has 0 bridgehead atoms. The summed E-state index contributed by atoms with van der Waals surface area (Å²) >= 11 is 0. The molecule has 0 aliphatic carbocycles. The third-order valence-electron chi connectivity index (χ3n) is 7.37. The van der Waals surface area contributed by atoms with E-state index in [2.05, 4.69) is 33.6 Å². The van der Waals surface area contributed by atoms with Crippen molar-refractivity contribution in [2.75, 3.05) is 7.11 Å². The number of nitro benzene ring substituents is 2. The summed E-state index contributed by atoms with van der Waals surface area (Å²) in [5.41, 5.74) is -0.781.